The predicted molar refractivity (Wildman–Crippen MR) is 57.5 cm³/mol. The molecule has 0 aromatic rings. The number of amides is 1. The summed E-state index contributed by atoms with van der Waals surface area (Å²) in [5.74, 6) is 1.05. The number of nitrogens with one attached hydrogen (secondary N) is 2. The van der Waals surface area contributed by atoms with Gasteiger partial charge in [0, 0.05) is 26.3 Å². The Kier molecular flexibility index (Phi) is 3.97. The highest BCUT2D eigenvalue weighted by atomic mass is 16.5. The fraction of sp³-hybridized carbons (Fsp3) is 0.909. The number of carbonyl (C=O) groups excluding carboxylic acids is 1. The Hall–Kier alpha value is -0.610. The van der Waals surface area contributed by atoms with Gasteiger partial charge in [0.1, 0.15) is 0 Å². The summed E-state index contributed by atoms with van der Waals surface area (Å²) in [7, 11) is 0. The monoisotopic (exact) mass is 212 g/mol. The summed E-state index contributed by atoms with van der Waals surface area (Å²) in [5.41, 5.74) is 0. The van der Waals surface area contributed by atoms with Crippen molar-refractivity contribution in [3.8, 4) is 0 Å². The molecule has 1 amide bonds. The molecule has 2 heterocycles. The Morgan fingerprint density at radius 2 is 2.13 bits per heavy atom. The zero-order chi connectivity index (χ0) is 10.5. The molecule has 2 aliphatic rings. The quantitative estimate of drug-likeness (QED) is 0.699. The summed E-state index contributed by atoms with van der Waals surface area (Å²) >= 11 is 0. The summed E-state index contributed by atoms with van der Waals surface area (Å²) in [6.45, 7) is 4.37. The molecular formula is C11H20N2O2. The highest BCUT2D eigenvalue weighted by Crippen LogP contribution is 2.14. The van der Waals surface area contributed by atoms with E-state index in [1.54, 1.807) is 0 Å². The zero-order valence-electron chi connectivity index (χ0n) is 9.13. The molecular weight excluding hydrogens is 192 g/mol. The lowest BCUT2D eigenvalue weighted by Gasteiger charge is -2.22. The van der Waals surface area contributed by atoms with Crippen molar-refractivity contribution in [1.82, 2.24) is 10.6 Å². The first-order valence-corrected chi connectivity index (χ1v) is 5.92. The van der Waals surface area contributed by atoms with Crippen LogP contribution in [0.25, 0.3) is 0 Å². The van der Waals surface area contributed by atoms with Crippen molar-refractivity contribution in [2.24, 2.45) is 11.8 Å². The maximum Gasteiger partial charge on any atom is 0.224 e. The average molecular weight is 212 g/mol. The van der Waals surface area contributed by atoms with E-state index in [0.717, 1.165) is 52.1 Å². The third-order valence-electron chi connectivity index (χ3n) is 3.34. The Labute approximate surface area is 90.8 Å². The van der Waals surface area contributed by atoms with Crippen LogP contribution in [0.5, 0.6) is 0 Å². The third-order valence-corrected chi connectivity index (χ3v) is 3.34. The van der Waals surface area contributed by atoms with Gasteiger partial charge in [-0.15, -0.1) is 0 Å². The minimum atomic E-state index is 0.199. The molecule has 0 bridgehead atoms. The molecule has 0 aliphatic carbocycles. The summed E-state index contributed by atoms with van der Waals surface area (Å²) in [6.07, 6.45) is 3.16. The first-order chi connectivity index (χ1) is 7.36. The van der Waals surface area contributed by atoms with Crippen LogP contribution in [0.1, 0.15) is 19.3 Å². The number of rotatable bonds is 3. The molecule has 4 nitrogen and oxygen atoms in total. The van der Waals surface area contributed by atoms with Crippen LogP contribution < -0.4 is 10.6 Å². The van der Waals surface area contributed by atoms with E-state index >= 15 is 0 Å². The summed E-state index contributed by atoms with van der Waals surface area (Å²) in [6, 6.07) is 0. The lowest BCUT2D eigenvalue weighted by Crippen LogP contribution is -2.36. The minimum Gasteiger partial charge on any atom is -0.381 e. The number of carbonyl (C=O) groups is 1. The van der Waals surface area contributed by atoms with Crippen LogP contribution in [0.15, 0.2) is 0 Å². The van der Waals surface area contributed by atoms with E-state index in [-0.39, 0.29) is 11.8 Å². The summed E-state index contributed by atoms with van der Waals surface area (Å²) in [5, 5.41) is 6.27. The molecule has 0 aromatic carbocycles. The zero-order valence-corrected chi connectivity index (χ0v) is 9.13. The predicted octanol–water partition coefficient (Wildman–Crippen LogP) is 0.139. The molecule has 1 atom stereocenters. The van der Waals surface area contributed by atoms with Crippen LogP contribution in [0.3, 0.4) is 0 Å². The van der Waals surface area contributed by atoms with Crippen LogP contribution >= 0.6 is 0 Å². The van der Waals surface area contributed by atoms with Gasteiger partial charge in [0.15, 0.2) is 0 Å². The van der Waals surface area contributed by atoms with Crippen LogP contribution in [0, 0.1) is 11.8 Å². The average Bonchev–Trinajstić information content (AvgIpc) is 2.81. The number of hydrogen-bond acceptors (Lipinski definition) is 3. The van der Waals surface area contributed by atoms with Crippen LogP contribution in [0.2, 0.25) is 0 Å². The van der Waals surface area contributed by atoms with Crippen LogP contribution in [-0.4, -0.2) is 38.8 Å². The minimum absolute atomic E-state index is 0.199. The largest absolute Gasteiger partial charge is 0.381 e. The van der Waals surface area contributed by atoms with E-state index in [0.29, 0.717) is 5.92 Å². The lowest BCUT2D eigenvalue weighted by atomic mass is 10.00. The second kappa shape index (κ2) is 5.47. The molecule has 86 valence electrons. The van der Waals surface area contributed by atoms with Gasteiger partial charge >= 0.3 is 0 Å². The second-order valence-electron chi connectivity index (χ2n) is 4.49. The first kappa shape index (κ1) is 10.9. The lowest BCUT2D eigenvalue weighted by molar-refractivity contribution is -0.124. The molecule has 2 saturated heterocycles. The van der Waals surface area contributed by atoms with Crippen LogP contribution in [-0.2, 0) is 9.53 Å². The van der Waals surface area contributed by atoms with Gasteiger partial charge in [-0.3, -0.25) is 4.79 Å². The van der Waals surface area contributed by atoms with Gasteiger partial charge in [0.05, 0.1) is 5.92 Å². The van der Waals surface area contributed by atoms with E-state index in [1.807, 2.05) is 0 Å². The van der Waals surface area contributed by atoms with Crippen molar-refractivity contribution in [1.29, 1.82) is 0 Å². The maximum absolute atomic E-state index is 11.7. The van der Waals surface area contributed by atoms with Crippen molar-refractivity contribution in [2.45, 2.75) is 19.3 Å². The van der Waals surface area contributed by atoms with E-state index in [2.05, 4.69) is 10.6 Å². The molecule has 0 saturated carbocycles. The standard InChI is InChI=1S/C11H20N2O2/c14-11(10-1-4-12-8-10)13-7-9-2-5-15-6-3-9/h9-10,12H,1-8H2,(H,13,14)/t10-/m0/s1. The second-order valence-corrected chi connectivity index (χ2v) is 4.49. The summed E-state index contributed by atoms with van der Waals surface area (Å²) < 4.78 is 5.28. The number of hydrogen-bond donors (Lipinski definition) is 2. The van der Waals surface area contributed by atoms with E-state index in [1.165, 1.54) is 0 Å². The molecule has 2 fully saturated rings. The fourth-order valence-electron chi connectivity index (χ4n) is 2.22. The Morgan fingerprint density at radius 3 is 2.80 bits per heavy atom. The molecule has 0 spiro atoms. The fourth-order valence-corrected chi connectivity index (χ4v) is 2.22. The summed E-state index contributed by atoms with van der Waals surface area (Å²) in [4.78, 5) is 11.7. The number of ether oxygens (including phenoxy) is 1. The van der Waals surface area contributed by atoms with E-state index < -0.39 is 0 Å². The molecule has 2 rings (SSSR count). The molecule has 2 aliphatic heterocycles. The van der Waals surface area contributed by atoms with Gasteiger partial charge in [0.25, 0.3) is 0 Å². The van der Waals surface area contributed by atoms with Gasteiger partial charge in [-0.05, 0) is 31.7 Å². The van der Waals surface area contributed by atoms with Crippen LogP contribution in [0.4, 0.5) is 0 Å². The smallest absolute Gasteiger partial charge is 0.224 e. The molecule has 0 radical (unpaired) electrons. The first-order valence-electron chi connectivity index (χ1n) is 5.92. The van der Waals surface area contributed by atoms with Crippen molar-refractivity contribution >= 4 is 5.91 Å². The van der Waals surface area contributed by atoms with Gasteiger partial charge in [0.2, 0.25) is 5.91 Å². The van der Waals surface area contributed by atoms with Crippen molar-refractivity contribution < 1.29 is 9.53 Å². The SMILES string of the molecule is O=C(NCC1CCOCC1)[C@H]1CCNC1. The topological polar surface area (TPSA) is 50.4 Å². The van der Waals surface area contributed by atoms with Crippen molar-refractivity contribution in [2.75, 3.05) is 32.8 Å². The van der Waals surface area contributed by atoms with Gasteiger partial charge in [-0.1, -0.05) is 0 Å². The normalized spacial score (nSPS) is 27.9. The third kappa shape index (κ3) is 3.18. The van der Waals surface area contributed by atoms with Crippen molar-refractivity contribution in [3.63, 3.8) is 0 Å². The molecule has 15 heavy (non-hydrogen) atoms. The van der Waals surface area contributed by atoms with Gasteiger partial charge in [-0.25, -0.2) is 0 Å². The Bertz CT molecular complexity index is 209. The van der Waals surface area contributed by atoms with Crippen molar-refractivity contribution in [3.05, 3.63) is 0 Å². The van der Waals surface area contributed by atoms with E-state index in [9.17, 15) is 4.79 Å². The Morgan fingerprint density at radius 1 is 1.33 bits per heavy atom. The van der Waals surface area contributed by atoms with Gasteiger partial charge < -0.3 is 15.4 Å². The maximum atomic E-state index is 11.7. The highest BCUT2D eigenvalue weighted by Gasteiger charge is 2.23. The molecule has 0 aromatic heterocycles. The van der Waals surface area contributed by atoms with Gasteiger partial charge in [-0.2, -0.15) is 0 Å². The van der Waals surface area contributed by atoms with E-state index in [4.69, 9.17) is 4.74 Å². The Balaban J connectivity index is 1.65. The highest BCUT2D eigenvalue weighted by molar-refractivity contribution is 5.79. The molecule has 2 N–H and O–H groups in total. The molecule has 0 unspecified atom stereocenters. The molecule has 4 heteroatoms.